The van der Waals surface area contributed by atoms with Crippen molar-refractivity contribution in [3.05, 3.63) is 17.5 Å². The Kier molecular flexibility index (Phi) is 3.95. The molecule has 1 fully saturated rings. The number of amides is 1. The van der Waals surface area contributed by atoms with E-state index in [1.807, 2.05) is 27.1 Å². The van der Waals surface area contributed by atoms with Gasteiger partial charge in [-0.1, -0.05) is 12.8 Å². The second-order valence-corrected chi connectivity index (χ2v) is 5.64. The molecule has 0 aromatic carbocycles. The van der Waals surface area contributed by atoms with Gasteiger partial charge in [0.05, 0.1) is 5.38 Å². The van der Waals surface area contributed by atoms with Gasteiger partial charge in [-0.05, 0) is 25.8 Å². The lowest BCUT2D eigenvalue weighted by Crippen LogP contribution is -2.44. The number of alkyl halides is 1. The summed E-state index contributed by atoms with van der Waals surface area (Å²) in [5.41, 5.74) is 1.49. The standard InChI is InChI=1S/C13H20ClN3O/c1-9-8-11(15-17(9)3)13(18)16(2)12-7-5-4-6-10(12)14/h8,10,12H,4-7H2,1-3H3. The van der Waals surface area contributed by atoms with Gasteiger partial charge in [-0.15, -0.1) is 11.6 Å². The van der Waals surface area contributed by atoms with Crippen LogP contribution in [0.15, 0.2) is 6.07 Å². The number of hydrogen-bond acceptors (Lipinski definition) is 2. The van der Waals surface area contributed by atoms with Crippen LogP contribution >= 0.6 is 11.6 Å². The predicted molar refractivity (Wildman–Crippen MR) is 71.9 cm³/mol. The molecule has 0 spiro atoms. The lowest BCUT2D eigenvalue weighted by molar-refractivity contribution is 0.0693. The minimum atomic E-state index is -0.0312. The van der Waals surface area contributed by atoms with E-state index >= 15 is 0 Å². The number of carbonyl (C=O) groups excluding carboxylic acids is 1. The van der Waals surface area contributed by atoms with Gasteiger partial charge in [-0.2, -0.15) is 5.10 Å². The zero-order valence-electron chi connectivity index (χ0n) is 11.2. The molecule has 2 unspecified atom stereocenters. The Bertz CT molecular complexity index is 424. The fourth-order valence-electron chi connectivity index (χ4n) is 2.50. The average Bonchev–Trinajstić information content (AvgIpc) is 2.68. The number of hydrogen-bond donors (Lipinski definition) is 0. The number of nitrogens with zero attached hydrogens (tertiary/aromatic N) is 3. The fraction of sp³-hybridized carbons (Fsp3) is 0.692. The topological polar surface area (TPSA) is 38.1 Å². The monoisotopic (exact) mass is 269 g/mol. The Balaban J connectivity index is 2.12. The average molecular weight is 270 g/mol. The van der Waals surface area contributed by atoms with Gasteiger partial charge in [-0.3, -0.25) is 9.48 Å². The second kappa shape index (κ2) is 5.31. The lowest BCUT2D eigenvalue weighted by atomic mass is 9.94. The van der Waals surface area contributed by atoms with E-state index in [9.17, 15) is 4.79 Å². The Hall–Kier alpha value is -1.03. The molecule has 4 nitrogen and oxygen atoms in total. The molecule has 1 aliphatic carbocycles. The normalized spacial score (nSPS) is 24.0. The van der Waals surface area contributed by atoms with Gasteiger partial charge < -0.3 is 4.90 Å². The Morgan fingerprint density at radius 1 is 1.50 bits per heavy atom. The van der Waals surface area contributed by atoms with Crippen LogP contribution in [0.1, 0.15) is 41.9 Å². The maximum Gasteiger partial charge on any atom is 0.274 e. The van der Waals surface area contributed by atoms with E-state index in [2.05, 4.69) is 5.10 Å². The predicted octanol–water partition coefficient (Wildman–Crippen LogP) is 2.35. The van der Waals surface area contributed by atoms with Crippen molar-refractivity contribution in [3.8, 4) is 0 Å². The molecule has 1 aromatic heterocycles. The van der Waals surface area contributed by atoms with E-state index in [-0.39, 0.29) is 17.3 Å². The van der Waals surface area contributed by atoms with Crippen molar-refractivity contribution in [3.63, 3.8) is 0 Å². The van der Waals surface area contributed by atoms with Gasteiger partial charge >= 0.3 is 0 Å². The molecule has 18 heavy (non-hydrogen) atoms. The first-order chi connectivity index (χ1) is 8.50. The third kappa shape index (κ3) is 2.53. The third-order valence-corrected chi connectivity index (χ3v) is 4.31. The first-order valence-corrected chi connectivity index (χ1v) is 6.86. The van der Waals surface area contributed by atoms with Gasteiger partial charge in [0.1, 0.15) is 0 Å². The summed E-state index contributed by atoms with van der Waals surface area (Å²) in [6, 6.07) is 1.96. The van der Waals surface area contributed by atoms with Crippen LogP contribution in [0.5, 0.6) is 0 Å². The molecule has 0 N–H and O–H groups in total. The van der Waals surface area contributed by atoms with Gasteiger partial charge in [0.15, 0.2) is 5.69 Å². The summed E-state index contributed by atoms with van der Waals surface area (Å²) in [4.78, 5) is 14.1. The molecule has 1 aliphatic rings. The minimum Gasteiger partial charge on any atom is -0.336 e. The maximum absolute atomic E-state index is 12.3. The van der Waals surface area contributed by atoms with Gasteiger partial charge in [0.2, 0.25) is 0 Å². The number of aromatic nitrogens is 2. The van der Waals surface area contributed by atoms with Crippen LogP contribution in [-0.2, 0) is 7.05 Å². The number of carbonyl (C=O) groups is 1. The van der Waals surface area contributed by atoms with E-state index in [0.29, 0.717) is 5.69 Å². The maximum atomic E-state index is 12.3. The quantitative estimate of drug-likeness (QED) is 0.773. The molecular formula is C13H20ClN3O. The zero-order chi connectivity index (χ0) is 13.3. The molecule has 0 aliphatic heterocycles. The van der Waals surface area contributed by atoms with Crippen LogP contribution in [0.2, 0.25) is 0 Å². The van der Waals surface area contributed by atoms with Crippen LogP contribution in [0.4, 0.5) is 0 Å². The van der Waals surface area contributed by atoms with Crippen molar-refractivity contribution < 1.29 is 4.79 Å². The van der Waals surface area contributed by atoms with E-state index in [0.717, 1.165) is 31.4 Å². The molecule has 2 rings (SSSR count). The Labute approximate surface area is 113 Å². The van der Waals surface area contributed by atoms with E-state index < -0.39 is 0 Å². The highest BCUT2D eigenvalue weighted by Crippen LogP contribution is 2.27. The fourth-order valence-corrected chi connectivity index (χ4v) is 2.95. The summed E-state index contributed by atoms with van der Waals surface area (Å²) in [7, 11) is 3.68. The van der Waals surface area contributed by atoms with Crippen molar-refractivity contribution in [1.82, 2.24) is 14.7 Å². The Morgan fingerprint density at radius 3 is 2.72 bits per heavy atom. The van der Waals surface area contributed by atoms with E-state index in [1.165, 1.54) is 0 Å². The van der Waals surface area contributed by atoms with Crippen LogP contribution in [0, 0.1) is 6.92 Å². The Morgan fingerprint density at radius 2 is 2.17 bits per heavy atom. The van der Waals surface area contributed by atoms with E-state index in [1.54, 1.807) is 9.58 Å². The summed E-state index contributed by atoms with van der Waals surface area (Å²) < 4.78 is 1.72. The zero-order valence-corrected chi connectivity index (χ0v) is 11.9. The molecule has 0 radical (unpaired) electrons. The summed E-state index contributed by atoms with van der Waals surface area (Å²) >= 11 is 6.33. The summed E-state index contributed by atoms with van der Waals surface area (Å²) in [6.45, 7) is 1.94. The summed E-state index contributed by atoms with van der Waals surface area (Å²) in [5, 5.41) is 4.30. The smallest absolute Gasteiger partial charge is 0.274 e. The molecule has 1 aromatic rings. The van der Waals surface area contributed by atoms with Gasteiger partial charge in [0, 0.05) is 25.8 Å². The molecule has 2 atom stereocenters. The van der Waals surface area contributed by atoms with E-state index in [4.69, 9.17) is 11.6 Å². The highest BCUT2D eigenvalue weighted by atomic mass is 35.5. The molecule has 1 saturated carbocycles. The third-order valence-electron chi connectivity index (χ3n) is 3.80. The minimum absolute atomic E-state index is 0.0312. The highest BCUT2D eigenvalue weighted by Gasteiger charge is 2.30. The second-order valence-electron chi connectivity index (χ2n) is 5.08. The molecule has 1 heterocycles. The molecule has 100 valence electrons. The number of halogens is 1. The summed E-state index contributed by atoms with van der Waals surface area (Å²) in [5.74, 6) is -0.0312. The van der Waals surface area contributed by atoms with Crippen molar-refractivity contribution in [2.75, 3.05) is 7.05 Å². The summed E-state index contributed by atoms with van der Waals surface area (Å²) in [6.07, 6.45) is 4.29. The molecule has 1 amide bonds. The first-order valence-electron chi connectivity index (χ1n) is 6.42. The number of rotatable bonds is 2. The molecule has 0 saturated heterocycles. The van der Waals surface area contributed by atoms with Crippen molar-refractivity contribution >= 4 is 17.5 Å². The molecule has 5 heteroatoms. The van der Waals surface area contributed by atoms with Crippen LogP contribution < -0.4 is 0 Å². The number of aryl methyl sites for hydroxylation is 2. The first kappa shape index (κ1) is 13.4. The highest BCUT2D eigenvalue weighted by molar-refractivity contribution is 6.21. The van der Waals surface area contributed by atoms with Crippen molar-refractivity contribution in [2.24, 2.45) is 7.05 Å². The van der Waals surface area contributed by atoms with Crippen LogP contribution in [-0.4, -0.2) is 39.1 Å². The van der Waals surface area contributed by atoms with Gasteiger partial charge in [0.25, 0.3) is 5.91 Å². The van der Waals surface area contributed by atoms with Gasteiger partial charge in [-0.25, -0.2) is 0 Å². The largest absolute Gasteiger partial charge is 0.336 e. The van der Waals surface area contributed by atoms with Crippen LogP contribution in [0.3, 0.4) is 0 Å². The lowest BCUT2D eigenvalue weighted by Gasteiger charge is -2.34. The van der Waals surface area contributed by atoms with Crippen molar-refractivity contribution in [1.29, 1.82) is 0 Å². The molecule has 0 bridgehead atoms. The SMILES string of the molecule is Cc1cc(C(=O)N(C)C2CCCCC2Cl)nn1C. The van der Waals surface area contributed by atoms with Crippen LogP contribution in [0.25, 0.3) is 0 Å². The van der Waals surface area contributed by atoms with Crippen molar-refractivity contribution in [2.45, 2.75) is 44.0 Å². The molecular weight excluding hydrogens is 250 g/mol.